The van der Waals surface area contributed by atoms with E-state index >= 15 is 0 Å². The van der Waals surface area contributed by atoms with Gasteiger partial charge in [0.05, 0.1) is 12.6 Å². The maximum Gasteiger partial charge on any atom is 0.244 e. The summed E-state index contributed by atoms with van der Waals surface area (Å²) in [5.74, 6) is -0.163. The lowest BCUT2D eigenvalue weighted by molar-refractivity contribution is -0.120. The monoisotopic (exact) mass is 322 g/mol. The van der Waals surface area contributed by atoms with Gasteiger partial charge in [0.15, 0.2) is 0 Å². The first-order valence-corrected chi connectivity index (χ1v) is 7.64. The van der Waals surface area contributed by atoms with E-state index in [9.17, 15) is 4.79 Å². The molecule has 0 heterocycles. The molecule has 0 radical (unpaired) electrons. The van der Waals surface area contributed by atoms with Crippen LogP contribution in [0.3, 0.4) is 0 Å². The predicted octanol–water partition coefficient (Wildman–Crippen LogP) is 4.19. The van der Waals surface area contributed by atoms with Gasteiger partial charge in [-0.05, 0) is 28.5 Å². The van der Waals surface area contributed by atoms with Crippen LogP contribution in [0.2, 0.25) is 5.02 Å². The van der Waals surface area contributed by atoms with Gasteiger partial charge in [0.25, 0.3) is 0 Å². The first-order valence-electron chi connectivity index (χ1n) is 7.26. The standard InChI is InChI=1S/C19H15ClN2O/c20-17-10-8-14(9-11-17)12-19(23)22-21-13-16-6-3-5-15-4-1-2-7-18(15)16/h1-11,13H,12H2,(H,22,23)/b21-13-. The van der Waals surface area contributed by atoms with Crippen molar-refractivity contribution in [2.24, 2.45) is 5.10 Å². The second-order valence-corrected chi connectivity index (χ2v) is 5.60. The van der Waals surface area contributed by atoms with Gasteiger partial charge in [-0.1, -0.05) is 66.2 Å². The minimum atomic E-state index is -0.163. The molecule has 3 rings (SSSR count). The number of fused-ring (bicyclic) bond motifs is 1. The number of carbonyl (C=O) groups excluding carboxylic acids is 1. The molecular formula is C19H15ClN2O. The Morgan fingerprint density at radius 2 is 1.74 bits per heavy atom. The smallest absolute Gasteiger partial charge is 0.244 e. The van der Waals surface area contributed by atoms with E-state index in [0.29, 0.717) is 5.02 Å². The zero-order chi connectivity index (χ0) is 16.1. The van der Waals surface area contributed by atoms with Crippen LogP contribution in [0.5, 0.6) is 0 Å². The Bertz CT molecular complexity index is 851. The van der Waals surface area contributed by atoms with E-state index in [2.05, 4.69) is 10.5 Å². The van der Waals surface area contributed by atoms with Crippen molar-refractivity contribution < 1.29 is 4.79 Å². The van der Waals surface area contributed by atoms with Crippen LogP contribution in [0.4, 0.5) is 0 Å². The highest BCUT2D eigenvalue weighted by Gasteiger charge is 2.02. The van der Waals surface area contributed by atoms with Crippen molar-refractivity contribution in [1.82, 2.24) is 5.43 Å². The highest BCUT2D eigenvalue weighted by molar-refractivity contribution is 6.30. The Balaban J connectivity index is 1.66. The summed E-state index contributed by atoms with van der Waals surface area (Å²) in [6.45, 7) is 0. The lowest BCUT2D eigenvalue weighted by Gasteiger charge is -2.02. The van der Waals surface area contributed by atoms with Crippen molar-refractivity contribution in [2.45, 2.75) is 6.42 Å². The number of amides is 1. The average Bonchev–Trinajstić information content (AvgIpc) is 2.57. The summed E-state index contributed by atoms with van der Waals surface area (Å²) in [4.78, 5) is 11.9. The van der Waals surface area contributed by atoms with E-state index in [1.54, 1.807) is 18.3 Å². The summed E-state index contributed by atoms with van der Waals surface area (Å²) in [6, 6.07) is 21.2. The topological polar surface area (TPSA) is 41.5 Å². The number of nitrogens with one attached hydrogen (secondary N) is 1. The van der Waals surface area contributed by atoms with Crippen LogP contribution < -0.4 is 5.43 Å². The second kappa shape index (κ2) is 7.07. The molecule has 0 saturated heterocycles. The fourth-order valence-electron chi connectivity index (χ4n) is 2.36. The number of halogens is 1. The summed E-state index contributed by atoms with van der Waals surface area (Å²) in [7, 11) is 0. The number of benzene rings is 3. The molecule has 3 aromatic carbocycles. The molecule has 0 unspecified atom stereocenters. The zero-order valence-corrected chi connectivity index (χ0v) is 13.1. The SMILES string of the molecule is O=C(Cc1ccc(Cl)cc1)N/N=C\c1cccc2ccccc12. The Hall–Kier alpha value is -2.65. The van der Waals surface area contributed by atoms with E-state index in [1.807, 2.05) is 54.6 Å². The second-order valence-electron chi connectivity index (χ2n) is 5.16. The van der Waals surface area contributed by atoms with Gasteiger partial charge in [-0.15, -0.1) is 0 Å². The molecule has 0 fully saturated rings. The van der Waals surface area contributed by atoms with Gasteiger partial charge in [-0.25, -0.2) is 5.43 Å². The van der Waals surface area contributed by atoms with Crippen molar-refractivity contribution in [3.63, 3.8) is 0 Å². The molecule has 3 aromatic rings. The van der Waals surface area contributed by atoms with E-state index < -0.39 is 0 Å². The number of carbonyl (C=O) groups is 1. The highest BCUT2D eigenvalue weighted by atomic mass is 35.5. The third-order valence-electron chi connectivity index (χ3n) is 3.49. The maximum absolute atomic E-state index is 11.9. The van der Waals surface area contributed by atoms with Crippen molar-refractivity contribution in [1.29, 1.82) is 0 Å². The first-order chi connectivity index (χ1) is 11.2. The quantitative estimate of drug-likeness (QED) is 0.568. The van der Waals surface area contributed by atoms with Crippen LogP contribution in [-0.4, -0.2) is 12.1 Å². The molecule has 0 bridgehead atoms. The molecule has 1 N–H and O–H groups in total. The van der Waals surface area contributed by atoms with Crippen LogP contribution >= 0.6 is 11.6 Å². The lowest BCUT2D eigenvalue weighted by Crippen LogP contribution is -2.19. The Labute approximate surface area is 139 Å². The van der Waals surface area contributed by atoms with E-state index in [4.69, 9.17) is 11.6 Å². The van der Waals surface area contributed by atoms with E-state index in [0.717, 1.165) is 21.9 Å². The van der Waals surface area contributed by atoms with Gasteiger partial charge in [0.1, 0.15) is 0 Å². The summed E-state index contributed by atoms with van der Waals surface area (Å²) < 4.78 is 0. The maximum atomic E-state index is 11.9. The van der Waals surface area contributed by atoms with Crippen molar-refractivity contribution in [3.8, 4) is 0 Å². The minimum Gasteiger partial charge on any atom is -0.273 e. The van der Waals surface area contributed by atoms with Crippen molar-refractivity contribution in [3.05, 3.63) is 82.9 Å². The summed E-state index contributed by atoms with van der Waals surface area (Å²) in [5, 5.41) is 6.96. The number of nitrogens with zero attached hydrogens (tertiary/aromatic N) is 1. The molecule has 1 amide bonds. The predicted molar refractivity (Wildman–Crippen MR) is 94.8 cm³/mol. The molecule has 0 aliphatic heterocycles. The Morgan fingerprint density at radius 1 is 1.00 bits per heavy atom. The van der Waals surface area contributed by atoms with Crippen LogP contribution in [0, 0.1) is 0 Å². The van der Waals surface area contributed by atoms with Crippen molar-refractivity contribution in [2.75, 3.05) is 0 Å². The largest absolute Gasteiger partial charge is 0.273 e. The van der Waals surface area contributed by atoms with Crippen LogP contribution in [-0.2, 0) is 11.2 Å². The molecule has 4 heteroatoms. The number of hydrogen-bond acceptors (Lipinski definition) is 2. The minimum absolute atomic E-state index is 0.163. The average molecular weight is 323 g/mol. The Morgan fingerprint density at radius 3 is 2.57 bits per heavy atom. The fraction of sp³-hybridized carbons (Fsp3) is 0.0526. The van der Waals surface area contributed by atoms with Gasteiger partial charge in [0, 0.05) is 10.6 Å². The molecule has 0 saturated carbocycles. The number of hydrazone groups is 1. The van der Waals surface area contributed by atoms with Gasteiger partial charge in [-0.3, -0.25) is 4.79 Å². The van der Waals surface area contributed by atoms with Crippen LogP contribution in [0.25, 0.3) is 10.8 Å². The van der Waals surface area contributed by atoms with E-state index in [-0.39, 0.29) is 12.3 Å². The molecule has 114 valence electrons. The first kappa shape index (κ1) is 15.3. The van der Waals surface area contributed by atoms with Gasteiger partial charge < -0.3 is 0 Å². The highest BCUT2D eigenvalue weighted by Crippen LogP contribution is 2.16. The summed E-state index contributed by atoms with van der Waals surface area (Å²) >= 11 is 5.82. The zero-order valence-electron chi connectivity index (χ0n) is 12.4. The molecule has 0 aliphatic carbocycles. The third-order valence-corrected chi connectivity index (χ3v) is 3.75. The molecule has 23 heavy (non-hydrogen) atoms. The van der Waals surface area contributed by atoms with E-state index in [1.165, 1.54) is 0 Å². The van der Waals surface area contributed by atoms with Crippen molar-refractivity contribution >= 4 is 34.5 Å². The van der Waals surface area contributed by atoms with Gasteiger partial charge >= 0.3 is 0 Å². The number of hydrogen-bond donors (Lipinski definition) is 1. The molecule has 0 aromatic heterocycles. The van der Waals surface area contributed by atoms with Crippen LogP contribution in [0.1, 0.15) is 11.1 Å². The van der Waals surface area contributed by atoms with Crippen LogP contribution in [0.15, 0.2) is 71.8 Å². The molecule has 0 spiro atoms. The normalized spacial score (nSPS) is 11.0. The molecule has 0 aliphatic rings. The van der Waals surface area contributed by atoms with Gasteiger partial charge in [0.2, 0.25) is 5.91 Å². The molecular weight excluding hydrogens is 308 g/mol. The molecule has 3 nitrogen and oxygen atoms in total. The number of rotatable bonds is 4. The summed E-state index contributed by atoms with van der Waals surface area (Å²) in [6.07, 6.45) is 1.94. The summed E-state index contributed by atoms with van der Waals surface area (Å²) in [5.41, 5.74) is 4.42. The lowest BCUT2D eigenvalue weighted by atomic mass is 10.1. The third kappa shape index (κ3) is 3.96. The Kier molecular flexibility index (Phi) is 4.69. The fourth-order valence-corrected chi connectivity index (χ4v) is 2.49. The van der Waals surface area contributed by atoms with Gasteiger partial charge in [-0.2, -0.15) is 5.10 Å². The molecule has 0 atom stereocenters.